The fourth-order valence-corrected chi connectivity index (χ4v) is 3.07. The quantitative estimate of drug-likeness (QED) is 0.166. The third kappa shape index (κ3) is 15.8. The second-order valence-electron chi connectivity index (χ2n) is 7.64. The molecule has 0 aromatic carbocycles. The van der Waals surface area contributed by atoms with Crippen molar-refractivity contribution in [2.75, 3.05) is 20.1 Å². The van der Waals surface area contributed by atoms with Crippen molar-refractivity contribution in [3.8, 4) is 0 Å². The highest BCUT2D eigenvalue weighted by molar-refractivity contribution is 5.83. The number of carboxylic acid groups (broad SMARTS) is 1. The lowest BCUT2D eigenvalue weighted by atomic mass is 10.0. The zero-order valence-electron chi connectivity index (χ0n) is 18.1. The normalized spacial score (nSPS) is 13.1. The second kappa shape index (κ2) is 17.2. The van der Waals surface area contributed by atoms with Crippen LogP contribution in [0.25, 0.3) is 0 Å². The van der Waals surface area contributed by atoms with Crippen LogP contribution in [0.2, 0.25) is 0 Å². The molecule has 0 aromatic rings. The van der Waals surface area contributed by atoms with Crippen molar-refractivity contribution in [1.29, 1.82) is 0 Å². The molecule has 0 bridgehead atoms. The summed E-state index contributed by atoms with van der Waals surface area (Å²) in [5.41, 5.74) is 14.0. The molecule has 0 aromatic heterocycles. The van der Waals surface area contributed by atoms with Crippen molar-refractivity contribution in [2.45, 2.75) is 89.6 Å². The fraction of sp³-hybridized carbons (Fsp3) is 0.850. The summed E-state index contributed by atoms with van der Waals surface area (Å²) in [6, 6.07) is -0.979. The van der Waals surface area contributed by atoms with Gasteiger partial charge in [-0.2, -0.15) is 0 Å². The molecule has 0 spiro atoms. The molecule has 0 aliphatic rings. The lowest BCUT2D eigenvalue weighted by Crippen LogP contribution is -2.49. The lowest BCUT2D eigenvalue weighted by Gasteiger charge is -2.22. The number of carboxylic acids is 1. The van der Waals surface area contributed by atoms with E-state index in [1.54, 1.807) is 0 Å². The average Bonchev–Trinajstić information content (AvgIpc) is 2.64. The Bertz CT molecular complexity index is 476. The van der Waals surface area contributed by atoms with E-state index in [0.717, 1.165) is 19.3 Å². The predicted molar refractivity (Wildman–Crippen MR) is 114 cm³/mol. The molecule has 7 N–H and O–H groups in total. The number of nitrogens with zero attached hydrogens (tertiary/aromatic N) is 1. The van der Waals surface area contributed by atoms with Crippen molar-refractivity contribution in [3.63, 3.8) is 0 Å². The third-order valence-electron chi connectivity index (χ3n) is 4.68. The highest BCUT2D eigenvalue weighted by Gasteiger charge is 2.20. The van der Waals surface area contributed by atoms with Crippen LogP contribution in [0.4, 0.5) is 0 Å². The molecular weight excluding hydrogens is 374 g/mol. The summed E-state index contributed by atoms with van der Waals surface area (Å²) in [6.07, 6.45) is 10.0. The zero-order valence-corrected chi connectivity index (χ0v) is 18.1. The Morgan fingerprint density at radius 1 is 1.00 bits per heavy atom. The summed E-state index contributed by atoms with van der Waals surface area (Å²) in [5, 5.41) is 12.8. The molecule has 0 saturated carbocycles. The van der Waals surface area contributed by atoms with Crippen LogP contribution in [0.1, 0.15) is 77.6 Å². The average molecular weight is 416 g/mol. The van der Waals surface area contributed by atoms with Gasteiger partial charge in [0.05, 0.1) is 6.04 Å². The number of rotatable bonds is 18. The molecule has 29 heavy (non-hydrogen) atoms. The Labute approximate surface area is 174 Å². The summed E-state index contributed by atoms with van der Waals surface area (Å²) in [5.74, 6) is -1.67. The molecular formula is C20H41N5O4. The number of carbonyl (C=O) groups is 3. The predicted octanol–water partition coefficient (Wildman–Crippen LogP) is 1.12. The minimum absolute atomic E-state index is 0.0415. The number of hydrogen-bond donors (Lipinski definition) is 5. The van der Waals surface area contributed by atoms with Gasteiger partial charge in [0.25, 0.3) is 0 Å². The zero-order chi connectivity index (χ0) is 22.1. The molecule has 0 fully saturated rings. The Kier molecular flexibility index (Phi) is 16.2. The van der Waals surface area contributed by atoms with Gasteiger partial charge in [-0.15, -0.1) is 0 Å². The van der Waals surface area contributed by atoms with E-state index < -0.39 is 12.0 Å². The van der Waals surface area contributed by atoms with Gasteiger partial charge in [-0.25, -0.2) is 5.01 Å². The van der Waals surface area contributed by atoms with Crippen LogP contribution in [0.5, 0.6) is 0 Å². The smallest absolute Gasteiger partial charge is 0.319 e. The van der Waals surface area contributed by atoms with Crippen LogP contribution in [-0.2, 0) is 14.4 Å². The van der Waals surface area contributed by atoms with Gasteiger partial charge >= 0.3 is 5.97 Å². The minimum atomic E-state index is -1.04. The number of amides is 2. The molecule has 170 valence electrons. The molecule has 0 saturated heterocycles. The third-order valence-corrected chi connectivity index (χ3v) is 4.68. The maximum atomic E-state index is 12.4. The van der Waals surface area contributed by atoms with Gasteiger partial charge in [0.1, 0.15) is 6.54 Å². The van der Waals surface area contributed by atoms with E-state index in [9.17, 15) is 14.4 Å². The Balaban J connectivity index is 4.32. The molecule has 9 heteroatoms. The van der Waals surface area contributed by atoms with Crippen molar-refractivity contribution in [1.82, 2.24) is 15.8 Å². The van der Waals surface area contributed by atoms with Crippen molar-refractivity contribution < 1.29 is 19.5 Å². The topological polar surface area (TPSA) is 151 Å². The molecule has 0 aliphatic heterocycles. The van der Waals surface area contributed by atoms with Gasteiger partial charge in [0.15, 0.2) is 0 Å². The van der Waals surface area contributed by atoms with E-state index in [2.05, 4.69) is 17.7 Å². The number of nitrogens with two attached hydrogens (primary N) is 2. The summed E-state index contributed by atoms with van der Waals surface area (Å²) in [4.78, 5) is 35.2. The van der Waals surface area contributed by atoms with Gasteiger partial charge in [-0.05, 0) is 25.8 Å². The first-order valence-electron chi connectivity index (χ1n) is 10.8. The Morgan fingerprint density at radius 3 is 2.21 bits per heavy atom. The van der Waals surface area contributed by atoms with E-state index >= 15 is 0 Å². The maximum Gasteiger partial charge on any atom is 0.319 e. The van der Waals surface area contributed by atoms with E-state index in [1.807, 2.05) is 0 Å². The SMILES string of the molecule is CCCCCCCCC[C@H](N)C(=O)N[C@@H](CCCN)CC(=O)NN(C)CC(=O)O. The lowest BCUT2D eigenvalue weighted by molar-refractivity contribution is -0.139. The molecule has 2 amide bonds. The first-order valence-corrected chi connectivity index (χ1v) is 10.8. The Morgan fingerprint density at radius 2 is 1.62 bits per heavy atom. The number of carbonyl (C=O) groups excluding carboxylic acids is 2. The van der Waals surface area contributed by atoms with Crippen LogP contribution in [0.3, 0.4) is 0 Å². The standard InChI is InChI=1S/C20H41N5O4/c1-3-4-5-6-7-8-9-12-17(22)20(29)23-16(11-10-13-21)14-18(26)24-25(2)15-19(27)28/h16-17H,3-15,21-22H2,1-2H3,(H,23,29)(H,24,26)(H,27,28)/t16-,17-/m0/s1. The summed E-state index contributed by atoms with van der Waals surface area (Å²) >= 11 is 0. The summed E-state index contributed by atoms with van der Waals surface area (Å²) in [7, 11) is 1.47. The van der Waals surface area contributed by atoms with E-state index in [1.165, 1.54) is 37.7 Å². The van der Waals surface area contributed by atoms with Gasteiger partial charge in [-0.3, -0.25) is 19.8 Å². The van der Waals surface area contributed by atoms with Crippen LogP contribution in [0.15, 0.2) is 0 Å². The van der Waals surface area contributed by atoms with Crippen LogP contribution in [0, 0.1) is 0 Å². The van der Waals surface area contributed by atoms with Crippen molar-refractivity contribution in [2.24, 2.45) is 11.5 Å². The maximum absolute atomic E-state index is 12.4. The molecule has 0 aliphatic carbocycles. The number of unbranched alkanes of at least 4 members (excludes halogenated alkanes) is 6. The summed E-state index contributed by atoms with van der Waals surface area (Å²) in [6.45, 7) is 2.34. The molecule has 0 unspecified atom stereocenters. The number of hydrazine groups is 1. The minimum Gasteiger partial charge on any atom is -0.480 e. The van der Waals surface area contributed by atoms with E-state index in [4.69, 9.17) is 16.6 Å². The first kappa shape index (κ1) is 27.3. The largest absolute Gasteiger partial charge is 0.480 e. The van der Waals surface area contributed by atoms with Gasteiger partial charge in [-0.1, -0.05) is 51.9 Å². The highest BCUT2D eigenvalue weighted by atomic mass is 16.4. The van der Waals surface area contributed by atoms with Crippen molar-refractivity contribution >= 4 is 17.8 Å². The number of hydrogen-bond acceptors (Lipinski definition) is 6. The number of nitrogens with one attached hydrogen (secondary N) is 2. The number of aliphatic carboxylic acids is 1. The molecule has 0 rings (SSSR count). The molecule has 9 nitrogen and oxygen atoms in total. The van der Waals surface area contributed by atoms with Crippen LogP contribution in [-0.4, -0.2) is 60.1 Å². The van der Waals surface area contributed by atoms with E-state index in [0.29, 0.717) is 25.8 Å². The highest BCUT2D eigenvalue weighted by Crippen LogP contribution is 2.10. The fourth-order valence-electron chi connectivity index (χ4n) is 3.07. The number of likely N-dealkylation sites (N-methyl/N-ethyl adjacent to an activating group) is 1. The summed E-state index contributed by atoms with van der Waals surface area (Å²) < 4.78 is 0. The van der Waals surface area contributed by atoms with Crippen LogP contribution >= 0.6 is 0 Å². The van der Waals surface area contributed by atoms with E-state index in [-0.39, 0.29) is 30.8 Å². The monoisotopic (exact) mass is 415 g/mol. The molecule has 0 radical (unpaired) electrons. The van der Waals surface area contributed by atoms with Crippen LogP contribution < -0.4 is 22.2 Å². The second-order valence-corrected chi connectivity index (χ2v) is 7.64. The van der Waals surface area contributed by atoms with Gasteiger partial charge in [0.2, 0.25) is 11.8 Å². The first-order chi connectivity index (χ1) is 13.8. The Hall–Kier alpha value is -1.71. The molecule has 0 heterocycles. The van der Waals surface area contributed by atoms with Gasteiger partial charge < -0.3 is 21.9 Å². The van der Waals surface area contributed by atoms with Crippen molar-refractivity contribution in [3.05, 3.63) is 0 Å². The van der Waals surface area contributed by atoms with Gasteiger partial charge in [0, 0.05) is 19.5 Å². The molecule has 2 atom stereocenters.